The predicted molar refractivity (Wildman–Crippen MR) is 95.2 cm³/mol. The van der Waals surface area contributed by atoms with E-state index in [-0.39, 0.29) is 18.2 Å². The molecular weight excluding hydrogens is 391 g/mol. The van der Waals surface area contributed by atoms with E-state index in [1.807, 2.05) is 0 Å². The van der Waals surface area contributed by atoms with Crippen LogP contribution >= 0.6 is 34.8 Å². The lowest BCUT2D eigenvalue weighted by molar-refractivity contribution is -0.131. The molecule has 0 aliphatic heterocycles. The topological polar surface area (TPSA) is 76.7 Å². The molecule has 0 heterocycles. The summed E-state index contributed by atoms with van der Waals surface area (Å²) < 4.78 is 10.5. The van der Waals surface area contributed by atoms with Crippen molar-refractivity contribution in [2.24, 2.45) is 0 Å². The summed E-state index contributed by atoms with van der Waals surface area (Å²) in [5, 5.41) is 1.11. The summed E-state index contributed by atoms with van der Waals surface area (Å²) in [6.45, 7) is -0.652. The van der Waals surface area contributed by atoms with Crippen molar-refractivity contribution in [3.8, 4) is 11.5 Å². The number of carbonyl (C=O) groups is 2. The molecule has 9 heteroatoms. The number of para-hydroxylation sites is 1. The van der Waals surface area contributed by atoms with Crippen LogP contribution in [0.2, 0.25) is 15.1 Å². The van der Waals surface area contributed by atoms with Crippen LogP contribution in [0.1, 0.15) is 0 Å². The number of hydrazine groups is 1. The molecule has 0 saturated carbocycles. The third kappa shape index (κ3) is 6.34. The van der Waals surface area contributed by atoms with Crippen LogP contribution < -0.4 is 20.3 Å². The van der Waals surface area contributed by atoms with E-state index in [0.717, 1.165) is 0 Å². The Balaban J connectivity index is 1.70. The zero-order chi connectivity index (χ0) is 18.2. The molecule has 0 aliphatic carbocycles. The van der Waals surface area contributed by atoms with Crippen LogP contribution in [0.25, 0.3) is 0 Å². The summed E-state index contributed by atoms with van der Waals surface area (Å²) in [6.07, 6.45) is 0. The fraction of sp³-hybridized carbons (Fsp3) is 0.125. The number of hydrogen-bond acceptors (Lipinski definition) is 4. The largest absolute Gasteiger partial charge is 0.482 e. The third-order valence-corrected chi connectivity index (χ3v) is 3.63. The average Bonchev–Trinajstić information content (AvgIpc) is 2.58. The Bertz CT molecular complexity index is 771. The minimum Gasteiger partial charge on any atom is -0.482 e. The maximum absolute atomic E-state index is 11.6. The average molecular weight is 404 g/mol. The number of ether oxygens (including phenoxy) is 2. The molecule has 25 heavy (non-hydrogen) atoms. The molecule has 132 valence electrons. The molecule has 6 nitrogen and oxygen atoms in total. The van der Waals surface area contributed by atoms with Gasteiger partial charge in [0.25, 0.3) is 11.8 Å². The molecule has 0 aliphatic rings. The van der Waals surface area contributed by atoms with Gasteiger partial charge in [-0.3, -0.25) is 20.4 Å². The van der Waals surface area contributed by atoms with Gasteiger partial charge in [0.15, 0.2) is 13.2 Å². The van der Waals surface area contributed by atoms with Crippen molar-refractivity contribution in [3.05, 3.63) is 57.5 Å². The van der Waals surface area contributed by atoms with Crippen LogP contribution in [0.3, 0.4) is 0 Å². The summed E-state index contributed by atoms with van der Waals surface area (Å²) in [7, 11) is 0. The molecule has 2 rings (SSSR count). The first-order chi connectivity index (χ1) is 12.0. The summed E-state index contributed by atoms with van der Waals surface area (Å²) in [5.74, 6) is -0.462. The number of nitrogens with one attached hydrogen (secondary N) is 2. The van der Waals surface area contributed by atoms with Crippen molar-refractivity contribution in [1.29, 1.82) is 0 Å². The van der Waals surface area contributed by atoms with Crippen molar-refractivity contribution in [2.75, 3.05) is 13.2 Å². The fourth-order valence-corrected chi connectivity index (χ4v) is 2.31. The lowest BCUT2D eigenvalue weighted by Gasteiger charge is -2.11. The molecule has 2 amide bonds. The second-order valence-corrected chi connectivity index (χ2v) is 5.93. The second kappa shape index (κ2) is 9.36. The van der Waals surface area contributed by atoms with E-state index in [2.05, 4.69) is 10.9 Å². The van der Waals surface area contributed by atoms with E-state index < -0.39 is 11.8 Å². The third-order valence-electron chi connectivity index (χ3n) is 2.79. The monoisotopic (exact) mass is 402 g/mol. The Labute approximate surface area is 158 Å². The highest BCUT2D eigenvalue weighted by Crippen LogP contribution is 2.27. The maximum Gasteiger partial charge on any atom is 0.276 e. The van der Waals surface area contributed by atoms with Gasteiger partial charge in [0.05, 0.1) is 10.0 Å². The summed E-state index contributed by atoms with van der Waals surface area (Å²) in [4.78, 5) is 23.3. The Morgan fingerprint density at radius 3 is 1.92 bits per heavy atom. The van der Waals surface area contributed by atoms with Crippen LogP contribution in [0.15, 0.2) is 42.5 Å². The highest BCUT2D eigenvalue weighted by atomic mass is 35.5. The van der Waals surface area contributed by atoms with Gasteiger partial charge in [-0.15, -0.1) is 0 Å². The zero-order valence-corrected chi connectivity index (χ0v) is 15.0. The van der Waals surface area contributed by atoms with Crippen LogP contribution in [0, 0.1) is 0 Å². The molecule has 2 aromatic rings. The van der Waals surface area contributed by atoms with Gasteiger partial charge in [-0.1, -0.05) is 46.9 Å². The van der Waals surface area contributed by atoms with Gasteiger partial charge >= 0.3 is 0 Å². The van der Waals surface area contributed by atoms with E-state index in [4.69, 9.17) is 44.3 Å². The molecule has 0 bridgehead atoms. The fourth-order valence-electron chi connectivity index (χ4n) is 1.65. The number of rotatable bonds is 6. The SMILES string of the molecule is O=C(COc1ccccc1Cl)NNC(=O)COc1ccc(Cl)cc1Cl. The first kappa shape index (κ1) is 19.2. The highest BCUT2D eigenvalue weighted by molar-refractivity contribution is 6.35. The smallest absolute Gasteiger partial charge is 0.276 e. The van der Waals surface area contributed by atoms with Crippen molar-refractivity contribution in [3.63, 3.8) is 0 Å². The molecule has 0 atom stereocenters. The summed E-state index contributed by atoms with van der Waals surface area (Å²) >= 11 is 17.6. The van der Waals surface area contributed by atoms with E-state index in [0.29, 0.717) is 21.5 Å². The first-order valence-electron chi connectivity index (χ1n) is 6.98. The van der Waals surface area contributed by atoms with Crippen molar-refractivity contribution in [1.82, 2.24) is 10.9 Å². The minimum absolute atomic E-state index is 0.275. The molecule has 0 fully saturated rings. The number of benzene rings is 2. The Kier molecular flexibility index (Phi) is 7.18. The maximum atomic E-state index is 11.6. The first-order valence-corrected chi connectivity index (χ1v) is 8.12. The van der Waals surface area contributed by atoms with Gasteiger partial charge in [-0.25, -0.2) is 0 Å². The lowest BCUT2D eigenvalue weighted by atomic mass is 10.3. The molecule has 0 spiro atoms. The Morgan fingerprint density at radius 1 is 0.800 bits per heavy atom. The number of hydrogen-bond donors (Lipinski definition) is 2. The van der Waals surface area contributed by atoms with Crippen molar-refractivity contribution < 1.29 is 19.1 Å². The molecule has 2 aromatic carbocycles. The zero-order valence-electron chi connectivity index (χ0n) is 12.7. The summed E-state index contributed by atoms with van der Waals surface area (Å²) in [5.41, 5.74) is 4.38. The van der Waals surface area contributed by atoms with Gasteiger partial charge in [0.2, 0.25) is 0 Å². The van der Waals surface area contributed by atoms with Gasteiger partial charge in [0.1, 0.15) is 11.5 Å². The number of halogens is 3. The number of amides is 2. The van der Waals surface area contributed by atoms with Gasteiger partial charge in [0, 0.05) is 5.02 Å². The normalized spacial score (nSPS) is 10.0. The standard InChI is InChI=1S/C16H13Cl3N2O4/c17-10-5-6-14(12(19)7-10)25-9-16(23)21-20-15(22)8-24-13-4-2-1-3-11(13)18/h1-7H,8-9H2,(H,20,22)(H,21,23). The van der Waals surface area contributed by atoms with E-state index in [9.17, 15) is 9.59 Å². The van der Waals surface area contributed by atoms with Crippen LogP contribution in [0.5, 0.6) is 11.5 Å². The summed E-state index contributed by atoms with van der Waals surface area (Å²) in [6, 6.07) is 11.3. The van der Waals surface area contributed by atoms with Gasteiger partial charge in [-0.2, -0.15) is 0 Å². The molecule has 0 radical (unpaired) electrons. The van der Waals surface area contributed by atoms with E-state index in [1.165, 1.54) is 12.1 Å². The lowest BCUT2D eigenvalue weighted by Crippen LogP contribution is -2.45. The quantitative estimate of drug-likeness (QED) is 0.726. The molecule has 0 aromatic heterocycles. The molecule has 0 unspecified atom stereocenters. The van der Waals surface area contributed by atoms with Crippen molar-refractivity contribution in [2.45, 2.75) is 0 Å². The second-order valence-electron chi connectivity index (χ2n) is 4.68. The molecular formula is C16H13Cl3N2O4. The van der Waals surface area contributed by atoms with Crippen molar-refractivity contribution >= 4 is 46.6 Å². The van der Waals surface area contributed by atoms with Crippen LogP contribution in [0.4, 0.5) is 0 Å². The van der Waals surface area contributed by atoms with E-state index >= 15 is 0 Å². The van der Waals surface area contributed by atoms with Gasteiger partial charge < -0.3 is 9.47 Å². The molecule has 2 N–H and O–H groups in total. The highest BCUT2D eigenvalue weighted by Gasteiger charge is 2.09. The Hall–Kier alpha value is -2.15. The van der Waals surface area contributed by atoms with E-state index in [1.54, 1.807) is 30.3 Å². The van der Waals surface area contributed by atoms with Gasteiger partial charge in [-0.05, 0) is 30.3 Å². The number of carbonyl (C=O) groups excluding carboxylic acids is 2. The Morgan fingerprint density at radius 2 is 1.36 bits per heavy atom. The van der Waals surface area contributed by atoms with Crippen LogP contribution in [-0.2, 0) is 9.59 Å². The predicted octanol–water partition coefficient (Wildman–Crippen LogP) is 3.25. The van der Waals surface area contributed by atoms with Crippen LogP contribution in [-0.4, -0.2) is 25.0 Å². The molecule has 0 saturated heterocycles. The minimum atomic E-state index is -0.572.